The number of anilines is 1. The normalized spacial score (nSPS) is 17.4. The zero-order valence-corrected chi connectivity index (χ0v) is 17.9. The average molecular weight is 415 g/mol. The van der Waals surface area contributed by atoms with E-state index in [1.807, 2.05) is 0 Å². The molecule has 1 aromatic heterocycles. The fourth-order valence-electron chi connectivity index (χ4n) is 3.51. The first-order valence-corrected chi connectivity index (χ1v) is 10.8. The topological polar surface area (TPSA) is 118 Å². The summed E-state index contributed by atoms with van der Waals surface area (Å²) in [5, 5.41) is 6.12. The van der Waals surface area contributed by atoms with E-state index in [-0.39, 0.29) is 12.0 Å². The predicted octanol–water partition coefficient (Wildman–Crippen LogP) is 2.63. The van der Waals surface area contributed by atoms with Crippen molar-refractivity contribution < 1.29 is 4.79 Å². The number of fused-ring (bicyclic) bond motifs is 1. The third-order valence-corrected chi connectivity index (χ3v) is 6.08. The molecule has 1 aliphatic rings. The standard InChI is InChI=1S/C21H30N6OS/c1-13-3-5-15(6-4-13)9-14(2)11-25-21(28)27-19(22)24-12-16-7-8-17-18(10-16)29-20(23)26-17/h3-6,14,16H,7-12H2,1-2H3,(H2,23,26)(H4,22,24,25,27,28). The minimum absolute atomic E-state index is 0.156. The van der Waals surface area contributed by atoms with Crippen molar-refractivity contribution in [3.8, 4) is 0 Å². The van der Waals surface area contributed by atoms with E-state index in [2.05, 4.69) is 58.7 Å². The lowest BCUT2D eigenvalue weighted by molar-refractivity contribution is 0.243. The third kappa shape index (κ3) is 6.45. The number of aromatic nitrogens is 1. The summed E-state index contributed by atoms with van der Waals surface area (Å²) in [6, 6.07) is 8.16. The molecule has 0 saturated heterocycles. The van der Waals surface area contributed by atoms with Crippen LogP contribution < -0.4 is 22.1 Å². The Balaban J connectivity index is 1.38. The Hall–Kier alpha value is -2.61. The monoisotopic (exact) mass is 414 g/mol. The van der Waals surface area contributed by atoms with Crippen molar-refractivity contribution in [2.75, 3.05) is 18.8 Å². The van der Waals surface area contributed by atoms with Crippen molar-refractivity contribution in [3.05, 3.63) is 46.0 Å². The van der Waals surface area contributed by atoms with Gasteiger partial charge >= 0.3 is 6.03 Å². The molecule has 0 spiro atoms. The Morgan fingerprint density at radius 3 is 2.90 bits per heavy atom. The molecule has 6 N–H and O–H groups in total. The number of urea groups is 1. The molecule has 156 valence electrons. The number of nitrogen functional groups attached to an aromatic ring is 1. The van der Waals surface area contributed by atoms with Gasteiger partial charge in [-0.25, -0.2) is 9.78 Å². The van der Waals surface area contributed by atoms with E-state index in [4.69, 9.17) is 11.5 Å². The van der Waals surface area contributed by atoms with Gasteiger partial charge in [0.2, 0.25) is 0 Å². The second-order valence-corrected chi connectivity index (χ2v) is 9.00. The van der Waals surface area contributed by atoms with E-state index in [9.17, 15) is 4.79 Å². The zero-order valence-electron chi connectivity index (χ0n) is 17.1. The summed E-state index contributed by atoms with van der Waals surface area (Å²) >= 11 is 1.56. The molecule has 8 heteroatoms. The molecule has 1 aromatic carbocycles. The van der Waals surface area contributed by atoms with Gasteiger partial charge in [0, 0.05) is 18.0 Å². The Labute approximate surface area is 176 Å². The van der Waals surface area contributed by atoms with Crippen LogP contribution in [0.25, 0.3) is 0 Å². The summed E-state index contributed by atoms with van der Waals surface area (Å²) in [5.74, 6) is 0.883. The van der Waals surface area contributed by atoms with E-state index < -0.39 is 0 Å². The van der Waals surface area contributed by atoms with Gasteiger partial charge in [0.25, 0.3) is 0 Å². The molecule has 2 atom stereocenters. The number of benzene rings is 1. The number of aryl methyl sites for hydroxylation is 2. The first-order chi connectivity index (χ1) is 13.9. The lowest BCUT2D eigenvalue weighted by Crippen LogP contribution is -2.45. The van der Waals surface area contributed by atoms with Gasteiger partial charge in [-0.05, 0) is 50.0 Å². The van der Waals surface area contributed by atoms with E-state index >= 15 is 0 Å². The van der Waals surface area contributed by atoms with Crippen LogP contribution in [0.15, 0.2) is 29.3 Å². The summed E-state index contributed by atoms with van der Waals surface area (Å²) in [6.45, 7) is 5.35. The maximum absolute atomic E-state index is 12.1. The van der Waals surface area contributed by atoms with Crippen molar-refractivity contribution in [2.45, 2.75) is 39.5 Å². The summed E-state index contributed by atoms with van der Waals surface area (Å²) in [4.78, 5) is 22.0. The molecule has 0 saturated carbocycles. The van der Waals surface area contributed by atoms with Gasteiger partial charge in [-0.2, -0.15) is 0 Å². The molecule has 7 nitrogen and oxygen atoms in total. The number of aliphatic imine (C=N–C) groups is 1. The Bertz CT molecular complexity index is 861. The fraction of sp³-hybridized carbons (Fsp3) is 0.476. The van der Waals surface area contributed by atoms with Crippen molar-refractivity contribution >= 4 is 28.5 Å². The molecule has 1 aliphatic carbocycles. The second-order valence-electron chi connectivity index (χ2n) is 7.89. The first kappa shape index (κ1) is 21.1. The lowest BCUT2D eigenvalue weighted by Gasteiger charge is -2.19. The highest BCUT2D eigenvalue weighted by Gasteiger charge is 2.22. The molecule has 2 unspecified atom stereocenters. The van der Waals surface area contributed by atoms with Gasteiger partial charge in [-0.15, -0.1) is 11.3 Å². The number of amides is 2. The van der Waals surface area contributed by atoms with Gasteiger partial charge in [-0.1, -0.05) is 36.8 Å². The number of hydrogen-bond donors (Lipinski definition) is 4. The minimum Gasteiger partial charge on any atom is -0.375 e. The van der Waals surface area contributed by atoms with Crippen LogP contribution in [0.3, 0.4) is 0 Å². The molecule has 29 heavy (non-hydrogen) atoms. The Morgan fingerprint density at radius 2 is 2.14 bits per heavy atom. The summed E-state index contributed by atoms with van der Waals surface area (Å²) in [7, 11) is 0. The number of nitrogens with two attached hydrogens (primary N) is 2. The van der Waals surface area contributed by atoms with Crippen molar-refractivity contribution in [2.24, 2.45) is 22.6 Å². The quantitative estimate of drug-likeness (QED) is 0.429. The zero-order chi connectivity index (χ0) is 20.8. The SMILES string of the molecule is Cc1ccc(CC(C)CNC(=O)NC(N)=NCC2CCc3nc(N)sc3C2)cc1. The molecule has 0 radical (unpaired) electrons. The maximum atomic E-state index is 12.1. The van der Waals surface area contributed by atoms with Crippen LogP contribution in [0.2, 0.25) is 0 Å². The summed E-state index contributed by atoms with van der Waals surface area (Å²) in [6.07, 6.45) is 3.77. The number of hydrogen-bond acceptors (Lipinski definition) is 5. The maximum Gasteiger partial charge on any atom is 0.321 e. The molecule has 1 heterocycles. The largest absolute Gasteiger partial charge is 0.375 e. The van der Waals surface area contributed by atoms with E-state index in [1.165, 1.54) is 16.0 Å². The number of nitrogens with one attached hydrogen (secondary N) is 2. The molecule has 2 aromatic rings. The highest BCUT2D eigenvalue weighted by Crippen LogP contribution is 2.31. The fourth-order valence-corrected chi connectivity index (χ4v) is 4.51. The number of carbonyl (C=O) groups excluding carboxylic acids is 1. The number of guanidine groups is 1. The molecule has 2 amide bonds. The molecule has 0 aliphatic heterocycles. The smallest absolute Gasteiger partial charge is 0.321 e. The van der Waals surface area contributed by atoms with E-state index in [0.29, 0.717) is 30.1 Å². The molecular weight excluding hydrogens is 384 g/mol. The Kier molecular flexibility index (Phi) is 7.09. The molecule has 0 fully saturated rings. The Morgan fingerprint density at radius 1 is 1.38 bits per heavy atom. The highest BCUT2D eigenvalue weighted by atomic mass is 32.1. The van der Waals surface area contributed by atoms with Gasteiger partial charge in [-0.3, -0.25) is 10.3 Å². The predicted molar refractivity (Wildman–Crippen MR) is 119 cm³/mol. The number of rotatable bonds is 6. The number of nitrogens with zero attached hydrogens (tertiary/aromatic N) is 2. The molecule has 0 bridgehead atoms. The van der Waals surface area contributed by atoms with Gasteiger partial charge < -0.3 is 16.8 Å². The van der Waals surface area contributed by atoms with Crippen LogP contribution in [0.1, 0.15) is 35.0 Å². The van der Waals surface area contributed by atoms with Crippen molar-refractivity contribution in [1.29, 1.82) is 0 Å². The third-order valence-electron chi connectivity index (χ3n) is 5.14. The van der Waals surface area contributed by atoms with Gasteiger partial charge in [0.1, 0.15) is 0 Å². The minimum atomic E-state index is -0.317. The van der Waals surface area contributed by atoms with Crippen LogP contribution in [0.4, 0.5) is 9.93 Å². The highest BCUT2D eigenvalue weighted by molar-refractivity contribution is 7.15. The van der Waals surface area contributed by atoms with E-state index in [0.717, 1.165) is 31.4 Å². The molecule has 3 rings (SSSR count). The van der Waals surface area contributed by atoms with Crippen LogP contribution in [-0.4, -0.2) is 30.1 Å². The molecular formula is C21H30N6OS. The van der Waals surface area contributed by atoms with Crippen LogP contribution in [0, 0.1) is 18.8 Å². The van der Waals surface area contributed by atoms with Crippen LogP contribution in [0.5, 0.6) is 0 Å². The lowest BCUT2D eigenvalue weighted by atomic mass is 9.91. The van der Waals surface area contributed by atoms with Crippen molar-refractivity contribution in [3.63, 3.8) is 0 Å². The summed E-state index contributed by atoms with van der Waals surface area (Å²) in [5.41, 5.74) is 15.3. The number of carbonyl (C=O) groups is 1. The number of thiazole rings is 1. The van der Waals surface area contributed by atoms with Crippen LogP contribution in [-0.2, 0) is 19.3 Å². The van der Waals surface area contributed by atoms with Gasteiger partial charge in [0.15, 0.2) is 11.1 Å². The van der Waals surface area contributed by atoms with Crippen molar-refractivity contribution in [1.82, 2.24) is 15.6 Å². The first-order valence-electron chi connectivity index (χ1n) is 10.0. The summed E-state index contributed by atoms with van der Waals surface area (Å²) < 4.78 is 0. The van der Waals surface area contributed by atoms with Crippen LogP contribution >= 0.6 is 11.3 Å². The van der Waals surface area contributed by atoms with E-state index in [1.54, 1.807) is 11.3 Å². The van der Waals surface area contributed by atoms with Gasteiger partial charge in [0.05, 0.1) is 5.69 Å². The second kappa shape index (κ2) is 9.73. The average Bonchev–Trinajstić information content (AvgIpc) is 3.06.